The Hall–Kier alpha value is -0.560. The van der Waals surface area contributed by atoms with Crippen molar-refractivity contribution in [1.82, 2.24) is 0 Å². The van der Waals surface area contributed by atoms with Crippen LogP contribution in [0.3, 0.4) is 0 Å². The molecule has 1 heteroatoms. The molecule has 0 aromatic heterocycles. The average molecular weight is 166 g/mol. The molecule has 0 bridgehead atoms. The lowest BCUT2D eigenvalue weighted by molar-refractivity contribution is -0.851. The van der Waals surface area contributed by atoms with Gasteiger partial charge in [0.15, 0.2) is 0 Å². The molecule has 0 atom stereocenters. The zero-order valence-corrected chi connectivity index (χ0v) is 8.56. The first-order chi connectivity index (χ1) is 5.61. The van der Waals surface area contributed by atoms with Crippen LogP contribution >= 0.6 is 0 Å². The van der Waals surface area contributed by atoms with Gasteiger partial charge in [-0.1, -0.05) is 12.7 Å². The minimum Gasteiger partial charge on any atom is -0.300 e. The molecule has 0 amide bonds. The highest BCUT2D eigenvalue weighted by Crippen LogP contribution is 2.31. The Kier molecular flexibility index (Phi) is 2.73. The summed E-state index contributed by atoms with van der Waals surface area (Å²) in [5, 5.41) is 0. The van der Waals surface area contributed by atoms with E-state index in [1.165, 1.54) is 31.4 Å². The Morgan fingerprint density at radius 2 is 2.08 bits per heavy atom. The molecule has 0 aromatic carbocycles. The van der Waals surface area contributed by atoms with Gasteiger partial charge in [0.05, 0.1) is 20.6 Å². The Balaban J connectivity index is 2.92. The lowest BCUT2D eigenvalue weighted by atomic mass is 10.2. The first kappa shape index (κ1) is 9.53. The van der Waals surface area contributed by atoms with E-state index in [4.69, 9.17) is 0 Å². The molecule has 0 aromatic rings. The maximum Gasteiger partial charge on any atom is 0.112 e. The molecule has 0 spiro atoms. The van der Waals surface area contributed by atoms with Crippen molar-refractivity contribution in [3.8, 4) is 0 Å². The van der Waals surface area contributed by atoms with Crippen LogP contribution in [0.2, 0.25) is 0 Å². The van der Waals surface area contributed by atoms with Crippen molar-refractivity contribution in [3.63, 3.8) is 0 Å². The highest BCUT2D eigenvalue weighted by atomic mass is 15.3. The standard InChI is InChI=1S/C11H20N/c1-5-10-8-7-9-11(10)12(3,4)6-2/h5H,1,6-9H2,2-4H3/q+1. The summed E-state index contributed by atoms with van der Waals surface area (Å²) >= 11 is 0. The summed E-state index contributed by atoms with van der Waals surface area (Å²) in [5.74, 6) is 0. The minimum atomic E-state index is 1.04. The fraction of sp³-hybridized carbons (Fsp3) is 0.636. The summed E-state index contributed by atoms with van der Waals surface area (Å²) < 4.78 is 1.04. The topological polar surface area (TPSA) is 0 Å². The first-order valence-electron chi connectivity index (χ1n) is 4.80. The molecule has 1 aliphatic carbocycles. The lowest BCUT2D eigenvalue weighted by Gasteiger charge is -2.29. The Bertz CT molecular complexity index is 211. The van der Waals surface area contributed by atoms with Gasteiger partial charge in [0.25, 0.3) is 0 Å². The molecule has 0 radical (unpaired) electrons. The van der Waals surface area contributed by atoms with Gasteiger partial charge in [0.2, 0.25) is 0 Å². The smallest absolute Gasteiger partial charge is 0.112 e. The van der Waals surface area contributed by atoms with Crippen molar-refractivity contribution in [2.24, 2.45) is 0 Å². The van der Waals surface area contributed by atoms with E-state index in [9.17, 15) is 0 Å². The molecule has 68 valence electrons. The highest BCUT2D eigenvalue weighted by Gasteiger charge is 2.26. The summed E-state index contributed by atoms with van der Waals surface area (Å²) in [6, 6.07) is 0. The van der Waals surface area contributed by atoms with Crippen LogP contribution < -0.4 is 0 Å². The van der Waals surface area contributed by atoms with E-state index < -0.39 is 0 Å². The summed E-state index contributed by atoms with van der Waals surface area (Å²) in [4.78, 5) is 0. The maximum absolute atomic E-state index is 3.87. The fourth-order valence-electron chi connectivity index (χ4n) is 1.85. The summed E-state index contributed by atoms with van der Waals surface area (Å²) in [6.07, 6.45) is 5.86. The monoisotopic (exact) mass is 166 g/mol. The quantitative estimate of drug-likeness (QED) is 0.565. The van der Waals surface area contributed by atoms with Crippen molar-refractivity contribution in [2.75, 3.05) is 20.6 Å². The van der Waals surface area contributed by atoms with Crippen LogP contribution in [0.15, 0.2) is 23.9 Å². The fourth-order valence-corrected chi connectivity index (χ4v) is 1.85. The molecular formula is C11H20N+. The van der Waals surface area contributed by atoms with Crippen molar-refractivity contribution in [2.45, 2.75) is 26.2 Å². The molecule has 0 N–H and O–H groups in total. The van der Waals surface area contributed by atoms with Crippen LogP contribution in [0.5, 0.6) is 0 Å². The molecule has 1 nitrogen and oxygen atoms in total. The van der Waals surface area contributed by atoms with Crippen molar-refractivity contribution >= 4 is 0 Å². The highest BCUT2D eigenvalue weighted by molar-refractivity contribution is 5.24. The van der Waals surface area contributed by atoms with E-state index >= 15 is 0 Å². The molecule has 0 fully saturated rings. The molecule has 12 heavy (non-hydrogen) atoms. The molecule has 0 saturated carbocycles. The Morgan fingerprint density at radius 3 is 2.58 bits per heavy atom. The third-order valence-electron chi connectivity index (χ3n) is 3.00. The predicted octanol–water partition coefficient (Wildman–Crippen LogP) is 2.71. The minimum absolute atomic E-state index is 1.04. The summed E-state index contributed by atoms with van der Waals surface area (Å²) in [6.45, 7) is 7.29. The molecule has 0 heterocycles. The van der Waals surface area contributed by atoms with Gasteiger partial charge in [-0.3, -0.25) is 4.48 Å². The van der Waals surface area contributed by atoms with Crippen LogP contribution in [0.4, 0.5) is 0 Å². The third kappa shape index (κ3) is 1.61. The third-order valence-corrected chi connectivity index (χ3v) is 3.00. The molecular weight excluding hydrogens is 146 g/mol. The molecule has 1 rings (SSSR count). The van der Waals surface area contributed by atoms with Gasteiger partial charge in [-0.2, -0.15) is 0 Å². The molecule has 0 unspecified atom stereocenters. The SMILES string of the molecule is C=CC1=C([N+](C)(C)CC)CCC1. The zero-order chi connectivity index (χ0) is 9.19. The zero-order valence-electron chi connectivity index (χ0n) is 8.56. The Labute approximate surface area is 76.0 Å². The van der Waals surface area contributed by atoms with Crippen LogP contribution in [0, 0.1) is 0 Å². The van der Waals surface area contributed by atoms with Crippen molar-refractivity contribution < 1.29 is 4.48 Å². The maximum atomic E-state index is 3.87. The molecule has 0 saturated heterocycles. The number of hydrogen-bond acceptors (Lipinski definition) is 0. The van der Waals surface area contributed by atoms with Crippen molar-refractivity contribution in [3.05, 3.63) is 23.9 Å². The number of hydrogen-bond donors (Lipinski definition) is 0. The van der Waals surface area contributed by atoms with Crippen molar-refractivity contribution in [1.29, 1.82) is 0 Å². The second-order valence-electron chi connectivity index (χ2n) is 4.03. The predicted molar refractivity (Wildman–Crippen MR) is 53.7 cm³/mol. The number of nitrogens with zero attached hydrogens (tertiary/aromatic N) is 1. The van der Waals surface area contributed by atoms with Gasteiger partial charge >= 0.3 is 0 Å². The van der Waals surface area contributed by atoms with Gasteiger partial charge in [0.1, 0.15) is 5.70 Å². The van der Waals surface area contributed by atoms with Crippen LogP contribution in [-0.4, -0.2) is 25.1 Å². The van der Waals surface area contributed by atoms with E-state index in [0.717, 1.165) is 4.48 Å². The molecule has 1 aliphatic rings. The van der Waals surface area contributed by atoms with E-state index in [2.05, 4.69) is 27.6 Å². The summed E-state index contributed by atoms with van der Waals surface area (Å²) in [7, 11) is 4.56. The van der Waals surface area contributed by atoms with Gasteiger partial charge in [0, 0.05) is 12.0 Å². The van der Waals surface area contributed by atoms with E-state index in [1.807, 2.05) is 6.08 Å². The average Bonchev–Trinajstić information content (AvgIpc) is 2.52. The van der Waals surface area contributed by atoms with Gasteiger partial charge in [-0.25, -0.2) is 0 Å². The van der Waals surface area contributed by atoms with Gasteiger partial charge < -0.3 is 0 Å². The van der Waals surface area contributed by atoms with E-state index in [0.29, 0.717) is 0 Å². The van der Waals surface area contributed by atoms with Crippen LogP contribution in [0.25, 0.3) is 0 Å². The van der Waals surface area contributed by atoms with E-state index in [-0.39, 0.29) is 0 Å². The second-order valence-corrected chi connectivity index (χ2v) is 4.03. The van der Waals surface area contributed by atoms with Crippen LogP contribution in [0.1, 0.15) is 26.2 Å². The van der Waals surface area contributed by atoms with Gasteiger partial charge in [-0.15, -0.1) is 0 Å². The molecule has 0 aliphatic heterocycles. The lowest BCUT2D eigenvalue weighted by Crippen LogP contribution is -2.37. The number of quaternary nitrogens is 1. The normalized spacial score (nSPS) is 18.6. The Morgan fingerprint density at radius 1 is 1.42 bits per heavy atom. The summed E-state index contributed by atoms with van der Waals surface area (Å²) in [5.41, 5.74) is 3.08. The largest absolute Gasteiger partial charge is 0.300 e. The first-order valence-corrected chi connectivity index (χ1v) is 4.80. The second kappa shape index (κ2) is 3.44. The number of allylic oxidation sites excluding steroid dienone is 3. The van der Waals surface area contributed by atoms with E-state index in [1.54, 1.807) is 5.70 Å². The van der Waals surface area contributed by atoms with Gasteiger partial charge in [-0.05, 0) is 19.8 Å². The number of rotatable bonds is 3. The van der Waals surface area contributed by atoms with Crippen LogP contribution in [-0.2, 0) is 0 Å².